The summed E-state index contributed by atoms with van der Waals surface area (Å²) >= 11 is 0. The average Bonchev–Trinajstić information content (AvgIpc) is 3.21. The molecule has 0 aliphatic carbocycles. The van der Waals surface area contributed by atoms with Gasteiger partial charge >= 0.3 is 5.97 Å². The molecule has 1 aromatic carbocycles. The molecule has 0 unspecified atom stereocenters. The van der Waals surface area contributed by atoms with Crippen molar-refractivity contribution in [2.75, 3.05) is 32.8 Å². The van der Waals surface area contributed by atoms with Gasteiger partial charge in [0, 0.05) is 41.0 Å². The normalized spacial score (nSPS) is 18.0. The molecule has 2 aliphatic heterocycles. The number of piperidine rings is 1. The van der Waals surface area contributed by atoms with E-state index in [0.29, 0.717) is 30.0 Å². The summed E-state index contributed by atoms with van der Waals surface area (Å²) in [4.78, 5) is 31.2. The number of carbonyl (C=O) groups excluding carboxylic acids is 2. The zero-order chi connectivity index (χ0) is 26.7. The van der Waals surface area contributed by atoms with E-state index in [1.54, 1.807) is 17.0 Å². The lowest BCUT2D eigenvalue weighted by molar-refractivity contribution is -0.140. The highest BCUT2D eigenvalue weighted by Gasteiger charge is 2.40. The Labute approximate surface area is 220 Å². The van der Waals surface area contributed by atoms with E-state index in [-0.39, 0.29) is 12.0 Å². The second kappa shape index (κ2) is 11.1. The third-order valence-electron chi connectivity index (χ3n) is 7.18. The van der Waals surface area contributed by atoms with Gasteiger partial charge in [-0.05, 0) is 77.9 Å². The third kappa shape index (κ3) is 5.90. The molecule has 1 saturated heterocycles. The Hall–Kier alpha value is -3.13. The second-order valence-corrected chi connectivity index (χ2v) is 11.0. The number of hydrogen-bond acceptors (Lipinski definition) is 6. The van der Waals surface area contributed by atoms with Gasteiger partial charge in [0.15, 0.2) is 0 Å². The number of aryl methyl sites for hydroxylation is 1. The van der Waals surface area contributed by atoms with Crippen LogP contribution in [0.4, 0.5) is 0 Å². The number of carbonyl (C=O) groups is 2. The second-order valence-electron chi connectivity index (χ2n) is 11.0. The van der Waals surface area contributed by atoms with Crippen LogP contribution in [0.3, 0.4) is 0 Å². The van der Waals surface area contributed by atoms with E-state index < -0.39 is 11.4 Å². The molecule has 1 fully saturated rings. The molecule has 1 N–H and O–H groups in total. The molecule has 0 atom stereocenters. The van der Waals surface area contributed by atoms with Crippen molar-refractivity contribution in [1.29, 1.82) is 0 Å². The number of amides is 1. The van der Waals surface area contributed by atoms with Gasteiger partial charge in [0.25, 0.3) is 5.91 Å². The van der Waals surface area contributed by atoms with E-state index in [1.165, 1.54) is 19.3 Å². The molecule has 0 bridgehead atoms. The van der Waals surface area contributed by atoms with Crippen molar-refractivity contribution in [2.45, 2.75) is 72.3 Å². The van der Waals surface area contributed by atoms with Crippen LogP contribution < -0.4 is 4.74 Å². The molecule has 8 heteroatoms. The maximum atomic E-state index is 13.8. The van der Waals surface area contributed by atoms with Gasteiger partial charge in [0.05, 0.1) is 17.4 Å². The van der Waals surface area contributed by atoms with Crippen molar-refractivity contribution in [2.24, 2.45) is 0 Å². The van der Waals surface area contributed by atoms with Crippen LogP contribution in [0.15, 0.2) is 30.0 Å². The van der Waals surface area contributed by atoms with Crippen molar-refractivity contribution < 1.29 is 19.1 Å². The molecule has 37 heavy (non-hydrogen) atoms. The Balaban J connectivity index is 1.57. The van der Waals surface area contributed by atoms with E-state index >= 15 is 0 Å². The molecule has 3 heterocycles. The Morgan fingerprint density at radius 3 is 2.41 bits per heavy atom. The number of nitrogens with zero attached hydrogens (tertiary/aromatic N) is 3. The van der Waals surface area contributed by atoms with E-state index in [1.807, 2.05) is 53.7 Å². The SMILES string of the molecule is CC1=C(C(=O)OC(C)C)c2c(n[nH]c2C)C(C)(C)CN1C(=O)c1ccc(OCCN2CCCCC2)cc1. The Morgan fingerprint density at radius 2 is 1.76 bits per heavy atom. The highest BCUT2D eigenvalue weighted by atomic mass is 16.5. The fraction of sp³-hybridized carbons (Fsp3) is 0.552. The van der Waals surface area contributed by atoms with Gasteiger partial charge in [0.1, 0.15) is 12.4 Å². The van der Waals surface area contributed by atoms with Gasteiger partial charge in [0.2, 0.25) is 0 Å². The zero-order valence-electron chi connectivity index (χ0n) is 23.0. The molecule has 2 aromatic rings. The topological polar surface area (TPSA) is 87.8 Å². The lowest BCUT2D eigenvalue weighted by Crippen LogP contribution is -2.39. The average molecular weight is 509 g/mol. The summed E-state index contributed by atoms with van der Waals surface area (Å²) in [5, 5.41) is 7.56. The summed E-state index contributed by atoms with van der Waals surface area (Å²) < 4.78 is 11.5. The van der Waals surface area contributed by atoms with E-state index in [0.717, 1.165) is 42.3 Å². The number of likely N-dealkylation sites (tertiary alicyclic amines) is 1. The number of rotatable bonds is 7. The van der Waals surface area contributed by atoms with Crippen molar-refractivity contribution in [3.05, 3.63) is 52.5 Å². The van der Waals surface area contributed by atoms with Gasteiger partial charge < -0.3 is 14.4 Å². The molecule has 0 saturated carbocycles. The number of allylic oxidation sites excluding steroid dienone is 1. The van der Waals surface area contributed by atoms with Crippen LogP contribution in [0.5, 0.6) is 5.75 Å². The lowest BCUT2D eigenvalue weighted by Gasteiger charge is -2.30. The summed E-state index contributed by atoms with van der Waals surface area (Å²) in [7, 11) is 0. The van der Waals surface area contributed by atoms with Crippen LogP contribution >= 0.6 is 0 Å². The number of ether oxygens (including phenoxy) is 2. The number of benzene rings is 1. The zero-order valence-corrected chi connectivity index (χ0v) is 23.0. The molecular weight excluding hydrogens is 468 g/mol. The highest BCUT2D eigenvalue weighted by Crippen LogP contribution is 2.39. The van der Waals surface area contributed by atoms with Gasteiger partial charge in [-0.25, -0.2) is 4.79 Å². The number of hydrogen-bond donors (Lipinski definition) is 1. The molecule has 8 nitrogen and oxygen atoms in total. The molecule has 2 aliphatic rings. The summed E-state index contributed by atoms with van der Waals surface area (Å²) in [6.45, 7) is 15.6. The fourth-order valence-corrected chi connectivity index (χ4v) is 5.20. The Morgan fingerprint density at radius 1 is 1.08 bits per heavy atom. The number of aromatic nitrogens is 2. The quantitative estimate of drug-likeness (QED) is 0.546. The van der Waals surface area contributed by atoms with Crippen LogP contribution in [0.25, 0.3) is 5.57 Å². The number of H-pyrrole nitrogens is 1. The van der Waals surface area contributed by atoms with Gasteiger partial charge in [-0.2, -0.15) is 5.10 Å². The van der Waals surface area contributed by atoms with Crippen LogP contribution in [-0.2, 0) is 14.9 Å². The molecule has 1 amide bonds. The summed E-state index contributed by atoms with van der Waals surface area (Å²) in [5.74, 6) is 0.118. The first kappa shape index (κ1) is 26.9. The summed E-state index contributed by atoms with van der Waals surface area (Å²) in [5.41, 5.74) is 3.24. The minimum atomic E-state index is -0.492. The minimum absolute atomic E-state index is 0.174. The Kier molecular flexibility index (Phi) is 8.07. The predicted octanol–water partition coefficient (Wildman–Crippen LogP) is 4.70. The van der Waals surface area contributed by atoms with Crippen molar-refractivity contribution in [3.63, 3.8) is 0 Å². The van der Waals surface area contributed by atoms with Gasteiger partial charge in [-0.1, -0.05) is 20.3 Å². The number of fused-ring (bicyclic) bond motifs is 1. The van der Waals surface area contributed by atoms with Crippen LogP contribution in [0.2, 0.25) is 0 Å². The first-order valence-electron chi connectivity index (χ1n) is 13.3. The molecule has 200 valence electrons. The standard InChI is InChI=1S/C29H40N4O4/c1-19(2)37-28(35)25-21(4)33(18-29(5,6)26-24(25)20(3)30-31-26)27(34)22-10-12-23(13-11-22)36-17-16-32-14-8-7-9-15-32/h10-13,19H,7-9,14-18H2,1-6H3,(H,30,31). The minimum Gasteiger partial charge on any atom is -0.492 e. The number of nitrogens with one attached hydrogen (secondary N) is 1. The molecule has 0 spiro atoms. The van der Waals surface area contributed by atoms with Crippen LogP contribution in [0, 0.1) is 6.92 Å². The number of esters is 1. The van der Waals surface area contributed by atoms with Crippen LogP contribution in [0.1, 0.15) is 81.2 Å². The van der Waals surface area contributed by atoms with Gasteiger partial charge in [-0.15, -0.1) is 0 Å². The van der Waals surface area contributed by atoms with Crippen molar-refractivity contribution in [1.82, 2.24) is 20.0 Å². The summed E-state index contributed by atoms with van der Waals surface area (Å²) in [6, 6.07) is 7.27. The predicted molar refractivity (Wildman–Crippen MR) is 143 cm³/mol. The maximum absolute atomic E-state index is 13.8. The summed E-state index contributed by atoms with van der Waals surface area (Å²) in [6.07, 6.45) is 3.55. The smallest absolute Gasteiger partial charge is 0.340 e. The molecule has 4 rings (SSSR count). The maximum Gasteiger partial charge on any atom is 0.340 e. The molecule has 0 radical (unpaired) electrons. The van der Waals surface area contributed by atoms with E-state index in [4.69, 9.17) is 9.47 Å². The van der Waals surface area contributed by atoms with Crippen molar-refractivity contribution >= 4 is 17.4 Å². The van der Waals surface area contributed by atoms with E-state index in [9.17, 15) is 9.59 Å². The first-order valence-corrected chi connectivity index (χ1v) is 13.3. The lowest BCUT2D eigenvalue weighted by atomic mass is 9.85. The van der Waals surface area contributed by atoms with Crippen molar-refractivity contribution in [3.8, 4) is 5.75 Å². The monoisotopic (exact) mass is 508 g/mol. The van der Waals surface area contributed by atoms with Gasteiger partial charge in [-0.3, -0.25) is 14.8 Å². The highest BCUT2D eigenvalue weighted by molar-refractivity contribution is 6.19. The number of aromatic amines is 1. The Bertz CT molecular complexity index is 1160. The first-order chi connectivity index (χ1) is 17.6. The van der Waals surface area contributed by atoms with Crippen LogP contribution in [-0.4, -0.2) is 70.8 Å². The third-order valence-corrected chi connectivity index (χ3v) is 7.18. The largest absolute Gasteiger partial charge is 0.492 e. The van der Waals surface area contributed by atoms with E-state index in [2.05, 4.69) is 15.1 Å². The molecule has 1 aromatic heterocycles. The molecular formula is C29H40N4O4. The fourth-order valence-electron chi connectivity index (χ4n) is 5.20.